The van der Waals surface area contributed by atoms with Crippen LogP contribution in [0, 0.1) is 27.7 Å². The van der Waals surface area contributed by atoms with Crippen LogP contribution >= 0.6 is 0 Å². The average Bonchev–Trinajstić information content (AvgIpc) is 2.98. The molecule has 0 bridgehead atoms. The summed E-state index contributed by atoms with van der Waals surface area (Å²) in [5, 5.41) is 10.4. The van der Waals surface area contributed by atoms with Crippen molar-refractivity contribution in [3.8, 4) is 0 Å². The maximum Gasteiger partial charge on any atom is 0.241 e. The predicted octanol–water partition coefficient (Wildman–Crippen LogP) is 2.70. The molecule has 0 amide bonds. The summed E-state index contributed by atoms with van der Waals surface area (Å²) in [6, 6.07) is 5.24. The van der Waals surface area contributed by atoms with Crippen molar-refractivity contribution in [2.24, 2.45) is 0 Å². The monoisotopic (exact) mass is 337 g/mol. The molecule has 0 saturated heterocycles. The maximum atomic E-state index is 12.7. The molecule has 0 spiro atoms. The van der Waals surface area contributed by atoms with Crippen molar-refractivity contribution >= 4 is 10.0 Å². The number of aryl methyl sites for hydroxylation is 2. The Morgan fingerprint density at radius 2 is 1.74 bits per heavy atom. The minimum atomic E-state index is -3.74. The van der Waals surface area contributed by atoms with E-state index in [9.17, 15) is 13.5 Å². The normalized spacial score (nSPS) is 14.7. The Balaban J connectivity index is 2.34. The highest BCUT2D eigenvalue weighted by Gasteiger charge is 2.30. The Kier molecular flexibility index (Phi) is 4.71. The number of nitrogens with one attached hydrogen (secondary N) is 1. The minimum Gasteiger partial charge on any atom is -0.466 e. The summed E-state index contributed by atoms with van der Waals surface area (Å²) in [7, 11) is -3.74. The number of rotatable bonds is 5. The smallest absolute Gasteiger partial charge is 0.241 e. The van der Waals surface area contributed by atoms with Gasteiger partial charge in [0.05, 0.1) is 11.2 Å². The van der Waals surface area contributed by atoms with Gasteiger partial charge >= 0.3 is 0 Å². The van der Waals surface area contributed by atoms with Gasteiger partial charge in [0.25, 0.3) is 0 Å². The number of furan rings is 1. The van der Waals surface area contributed by atoms with Crippen molar-refractivity contribution in [3.63, 3.8) is 0 Å². The second-order valence-corrected chi connectivity index (χ2v) is 7.87. The Morgan fingerprint density at radius 1 is 1.17 bits per heavy atom. The van der Waals surface area contributed by atoms with Gasteiger partial charge in [0, 0.05) is 6.54 Å². The highest BCUT2D eigenvalue weighted by atomic mass is 32.2. The molecule has 1 aromatic carbocycles. The number of hydrogen-bond acceptors (Lipinski definition) is 4. The average molecular weight is 337 g/mol. The van der Waals surface area contributed by atoms with Gasteiger partial charge in [-0.2, -0.15) is 0 Å². The molecule has 6 heteroatoms. The molecule has 1 unspecified atom stereocenters. The first kappa shape index (κ1) is 17.7. The Bertz CT molecular complexity index is 779. The number of hydrogen-bond donors (Lipinski definition) is 2. The molecule has 126 valence electrons. The molecule has 0 fully saturated rings. The van der Waals surface area contributed by atoms with E-state index in [1.54, 1.807) is 26.0 Å². The summed E-state index contributed by atoms with van der Waals surface area (Å²) in [5.74, 6) is 0.314. The van der Waals surface area contributed by atoms with Crippen LogP contribution in [-0.4, -0.2) is 20.1 Å². The zero-order valence-corrected chi connectivity index (χ0v) is 14.9. The zero-order chi connectivity index (χ0) is 17.4. The first-order chi connectivity index (χ1) is 10.6. The lowest BCUT2D eigenvalue weighted by Crippen LogP contribution is -2.38. The number of benzene rings is 1. The highest BCUT2D eigenvalue weighted by molar-refractivity contribution is 7.89. The molecule has 1 heterocycles. The van der Waals surface area contributed by atoms with Gasteiger partial charge in [-0.15, -0.1) is 0 Å². The van der Waals surface area contributed by atoms with Gasteiger partial charge in [0.15, 0.2) is 0 Å². The van der Waals surface area contributed by atoms with Gasteiger partial charge in [-0.05, 0) is 69.0 Å². The molecule has 0 aliphatic rings. The maximum absolute atomic E-state index is 12.7. The van der Waals surface area contributed by atoms with Crippen LogP contribution in [0.2, 0.25) is 0 Å². The Morgan fingerprint density at radius 3 is 2.22 bits per heavy atom. The van der Waals surface area contributed by atoms with Crippen molar-refractivity contribution < 1.29 is 17.9 Å². The van der Waals surface area contributed by atoms with Crippen molar-refractivity contribution in [1.29, 1.82) is 0 Å². The fourth-order valence-electron chi connectivity index (χ4n) is 2.56. The molecule has 0 aliphatic carbocycles. The van der Waals surface area contributed by atoms with Gasteiger partial charge in [-0.25, -0.2) is 13.1 Å². The lowest BCUT2D eigenvalue weighted by molar-refractivity contribution is 0.0395. The van der Waals surface area contributed by atoms with E-state index in [0.29, 0.717) is 5.76 Å². The lowest BCUT2D eigenvalue weighted by atomic mass is 10.0. The van der Waals surface area contributed by atoms with Crippen molar-refractivity contribution in [3.05, 3.63) is 52.5 Å². The molecule has 1 aromatic heterocycles. The summed E-state index contributed by atoms with van der Waals surface area (Å²) in [5.41, 5.74) is 1.87. The van der Waals surface area contributed by atoms with Crippen LogP contribution in [-0.2, 0) is 15.6 Å². The van der Waals surface area contributed by atoms with Gasteiger partial charge in [-0.3, -0.25) is 0 Å². The topological polar surface area (TPSA) is 79.5 Å². The number of sulfonamides is 1. The van der Waals surface area contributed by atoms with Crippen LogP contribution in [0.1, 0.15) is 34.9 Å². The van der Waals surface area contributed by atoms with E-state index in [1.165, 1.54) is 13.2 Å². The van der Waals surface area contributed by atoms with Crippen LogP contribution in [0.25, 0.3) is 0 Å². The third-order valence-corrected chi connectivity index (χ3v) is 5.90. The molecule has 0 radical (unpaired) electrons. The first-order valence-electron chi connectivity index (χ1n) is 7.39. The second-order valence-electron chi connectivity index (χ2n) is 6.17. The van der Waals surface area contributed by atoms with Crippen molar-refractivity contribution in [1.82, 2.24) is 4.72 Å². The van der Waals surface area contributed by atoms with E-state index in [2.05, 4.69) is 4.72 Å². The second kappa shape index (κ2) is 6.11. The molecule has 5 nitrogen and oxygen atoms in total. The fraction of sp³-hybridized carbons (Fsp3) is 0.412. The molecule has 2 rings (SSSR count). The first-order valence-corrected chi connectivity index (χ1v) is 8.88. The SMILES string of the molecule is Cc1cc(C)c(C)c(S(=O)(=O)NCC(C)(O)c2ccco2)c1C. The molecular formula is C17H23NO4S. The lowest BCUT2D eigenvalue weighted by Gasteiger charge is -2.22. The van der Waals surface area contributed by atoms with E-state index in [0.717, 1.165) is 22.3 Å². The van der Waals surface area contributed by atoms with E-state index in [4.69, 9.17) is 4.42 Å². The van der Waals surface area contributed by atoms with Gasteiger partial charge in [-0.1, -0.05) is 6.07 Å². The molecule has 2 aromatic rings. The van der Waals surface area contributed by atoms with E-state index >= 15 is 0 Å². The summed E-state index contributed by atoms with van der Waals surface area (Å²) in [6.07, 6.45) is 1.44. The molecule has 23 heavy (non-hydrogen) atoms. The molecule has 2 N–H and O–H groups in total. The van der Waals surface area contributed by atoms with Crippen LogP contribution in [0.3, 0.4) is 0 Å². The fourth-order valence-corrected chi connectivity index (χ4v) is 4.31. The Hall–Kier alpha value is -1.63. The van der Waals surface area contributed by atoms with Crippen molar-refractivity contribution in [2.75, 3.05) is 6.54 Å². The van der Waals surface area contributed by atoms with E-state index in [-0.39, 0.29) is 11.4 Å². The zero-order valence-electron chi connectivity index (χ0n) is 14.1. The summed E-state index contributed by atoms with van der Waals surface area (Å²) in [6.45, 7) is 8.70. The molecule has 0 aliphatic heterocycles. The van der Waals surface area contributed by atoms with Gasteiger partial charge in [0.2, 0.25) is 10.0 Å². The largest absolute Gasteiger partial charge is 0.466 e. The minimum absolute atomic E-state index is 0.172. The quantitative estimate of drug-likeness (QED) is 0.879. The number of aliphatic hydroxyl groups is 1. The van der Waals surface area contributed by atoms with Gasteiger partial charge < -0.3 is 9.52 Å². The van der Waals surface area contributed by atoms with Crippen LogP contribution in [0.4, 0.5) is 0 Å². The summed E-state index contributed by atoms with van der Waals surface area (Å²) in [4.78, 5) is 0.283. The van der Waals surface area contributed by atoms with Crippen LogP contribution < -0.4 is 4.72 Å². The van der Waals surface area contributed by atoms with Crippen LogP contribution in [0.15, 0.2) is 33.8 Å². The predicted molar refractivity (Wildman–Crippen MR) is 88.9 cm³/mol. The Labute approximate surface area is 137 Å². The van der Waals surface area contributed by atoms with Crippen molar-refractivity contribution in [2.45, 2.75) is 45.1 Å². The molecule has 1 atom stereocenters. The molecule has 0 saturated carbocycles. The summed E-state index contributed by atoms with van der Waals surface area (Å²) >= 11 is 0. The third kappa shape index (κ3) is 3.49. The summed E-state index contributed by atoms with van der Waals surface area (Å²) < 4.78 is 33.2. The van der Waals surface area contributed by atoms with Crippen LogP contribution in [0.5, 0.6) is 0 Å². The van der Waals surface area contributed by atoms with E-state index < -0.39 is 15.6 Å². The molecular weight excluding hydrogens is 314 g/mol. The third-order valence-electron chi connectivity index (χ3n) is 4.22. The van der Waals surface area contributed by atoms with Gasteiger partial charge in [0.1, 0.15) is 11.4 Å². The highest BCUT2D eigenvalue weighted by Crippen LogP contribution is 2.27. The van der Waals surface area contributed by atoms with E-state index in [1.807, 2.05) is 19.9 Å². The standard InChI is InChI=1S/C17H23NO4S/c1-11-9-12(2)14(4)16(13(11)3)23(20,21)18-10-17(5,19)15-7-6-8-22-15/h6-9,18-19H,10H2,1-5H3.